The molecule has 0 aliphatic carbocycles. The van der Waals surface area contributed by atoms with Crippen molar-refractivity contribution in [3.05, 3.63) is 23.3 Å². The van der Waals surface area contributed by atoms with E-state index in [0.29, 0.717) is 0 Å². The normalized spacial score (nSPS) is 12.6. The van der Waals surface area contributed by atoms with E-state index >= 15 is 0 Å². The van der Waals surface area contributed by atoms with E-state index in [1.807, 2.05) is 0 Å². The van der Waals surface area contributed by atoms with Gasteiger partial charge < -0.3 is 0 Å². The van der Waals surface area contributed by atoms with Crippen molar-refractivity contribution in [1.82, 2.24) is 0 Å². The Labute approximate surface area is 236 Å². The predicted octanol–water partition coefficient (Wildman–Crippen LogP) is 10.4. The molecule has 0 saturated carbocycles. The average Bonchev–Trinajstić information content (AvgIpc) is 3.44. The Hall–Kier alpha value is 0.737. The molecule has 0 N–H and O–H groups in total. The van der Waals surface area contributed by atoms with Crippen molar-refractivity contribution in [2.75, 3.05) is 0 Å². The van der Waals surface area contributed by atoms with Crippen LogP contribution in [0.25, 0.3) is 20.2 Å². The van der Waals surface area contributed by atoms with Crippen molar-refractivity contribution in [1.29, 1.82) is 0 Å². The summed E-state index contributed by atoms with van der Waals surface area (Å²) in [5.74, 6) is 0. The molecule has 0 fully saturated rings. The first kappa shape index (κ1) is 30.3. The second kappa shape index (κ2) is 14.8. The zero-order chi connectivity index (χ0) is 25.4. The summed E-state index contributed by atoms with van der Waals surface area (Å²) >= 11 is 0.888. The van der Waals surface area contributed by atoms with Crippen LogP contribution in [0.3, 0.4) is 0 Å². The van der Waals surface area contributed by atoms with E-state index in [-0.39, 0.29) is 0 Å². The van der Waals surface area contributed by atoms with Crippen molar-refractivity contribution < 1.29 is 0 Å². The third-order valence-electron chi connectivity index (χ3n) is 7.48. The molecule has 0 unspecified atom stereocenters. The van der Waals surface area contributed by atoms with Crippen molar-refractivity contribution in [3.8, 4) is 0 Å². The Balaban J connectivity index is 2.01. The van der Waals surface area contributed by atoms with Gasteiger partial charge in [-0.05, 0) is 0 Å². The number of hydrogen-bond donors (Lipinski definition) is 0. The topological polar surface area (TPSA) is 0 Å². The second-order valence-electron chi connectivity index (χ2n) is 11.9. The Bertz CT molecular complexity index is 1050. The monoisotopic (exact) mass is 727 g/mol. The maximum absolute atomic E-state index is 2.70. The van der Waals surface area contributed by atoms with E-state index in [1.165, 1.54) is 89.9 Å². The first-order chi connectivity index (χ1) is 16.8. The molecular formula is C31H51S2Sn2. The van der Waals surface area contributed by atoms with Crippen molar-refractivity contribution >= 4 is 86.8 Å². The molecular weight excluding hydrogens is 674 g/mol. The molecule has 1 aromatic carbocycles. The van der Waals surface area contributed by atoms with Gasteiger partial charge in [-0.1, -0.05) is 0 Å². The van der Waals surface area contributed by atoms with Gasteiger partial charge in [-0.2, -0.15) is 0 Å². The van der Waals surface area contributed by atoms with Crippen LogP contribution in [0.15, 0.2) is 12.1 Å². The number of hydrogen-bond acceptors (Lipinski definition) is 2. The van der Waals surface area contributed by atoms with Crippen LogP contribution in [-0.4, -0.2) is 38.1 Å². The quantitative estimate of drug-likeness (QED) is 0.102. The van der Waals surface area contributed by atoms with Gasteiger partial charge in [-0.3, -0.25) is 0 Å². The van der Waals surface area contributed by atoms with Crippen LogP contribution in [0.1, 0.15) is 102 Å². The van der Waals surface area contributed by atoms with E-state index in [4.69, 9.17) is 0 Å². The summed E-state index contributed by atoms with van der Waals surface area (Å²) in [4.78, 5) is 12.9. The third-order valence-corrected chi connectivity index (χ3v) is 26.0. The first-order valence-corrected chi connectivity index (χ1v) is 33.4. The van der Waals surface area contributed by atoms with E-state index < -0.39 is 38.1 Å². The van der Waals surface area contributed by atoms with Gasteiger partial charge in [0.15, 0.2) is 0 Å². The van der Waals surface area contributed by atoms with Crippen LogP contribution in [-0.2, 0) is 12.8 Å². The van der Waals surface area contributed by atoms with Crippen molar-refractivity contribution in [3.63, 3.8) is 0 Å². The predicted molar refractivity (Wildman–Crippen MR) is 171 cm³/mol. The molecule has 195 valence electrons. The van der Waals surface area contributed by atoms with E-state index in [0.717, 1.165) is 0 Å². The van der Waals surface area contributed by atoms with Gasteiger partial charge in [0.05, 0.1) is 0 Å². The molecule has 3 rings (SSSR count). The molecule has 0 aliphatic rings. The summed E-state index contributed by atoms with van der Waals surface area (Å²) in [5, 5.41) is 3.34. The molecule has 0 bridgehead atoms. The van der Waals surface area contributed by atoms with Crippen molar-refractivity contribution in [2.24, 2.45) is 0 Å². The van der Waals surface area contributed by atoms with Gasteiger partial charge in [0, 0.05) is 0 Å². The minimum atomic E-state index is -2.11. The summed E-state index contributed by atoms with van der Waals surface area (Å²) in [7, 11) is 0. The standard InChI is InChI=1S/C26H36S2.5CH3.2Sn/c1-3-5-7-9-11-13-15-21-22(16-14-12-10-8-6-4-2)24-18-20-28-26(24)25-23(21)17-19-27-25;;;;;;;/h17-18H,3-16H2,1-2H3;5*1H3;;. The van der Waals surface area contributed by atoms with Gasteiger partial charge in [0.25, 0.3) is 0 Å². The van der Waals surface area contributed by atoms with E-state index in [2.05, 4.69) is 73.4 Å². The van der Waals surface area contributed by atoms with Crippen LogP contribution < -0.4 is 5.79 Å². The summed E-state index contributed by atoms with van der Waals surface area (Å²) < 4.78 is 6.88. The molecule has 3 aromatic rings. The Morgan fingerprint density at radius 1 is 0.629 bits per heavy atom. The van der Waals surface area contributed by atoms with Crippen LogP contribution >= 0.6 is 22.7 Å². The minimum absolute atomic E-state index is 1.30. The molecule has 0 amide bonds. The Morgan fingerprint density at radius 3 is 1.57 bits per heavy atom. The maximum atomic E-state index is 2.70. The third kappa shape index (κ3) is 8.36. The molecule has 2 heterocycles. The molecule has 35 heavy (non-hydrogen) atoms. The SMILES string of the molecule is CCCCCCCCc1c(CCCCCCCC)c2c[c]([Sn]([CH3])([CH3])[CH3])sc2c2s[c]([Sn]([CH3])[CH3])cc12. The zero-order valence-electron chi connectivity index (χ0n) is 23.9. The molecule has 4 heteroatoms. The fourth-order valence-electron chi connectivity index (χ4n) is 5.24. The number of unbranched alkanes of at least 4 members (excludes halogenated alkanes) is 10. The molecule has 2 aromatic heterocycles. The summed E-state index contributed by atoms with van der Waals surface area (Å²) in [6.45, 7) is 4.65. The number of benzene rings is 1. The molecule has 0 spiro atoms. The molecule has 1 radical (unpaired) electrons. The molecule has 0 nitrogen and oxygen atoms in total. The summed E-state index contributed by atoms with van der Waals surface area (Å²) in [5.41, 5.74) is 3.52. The van der Waals surface area contributed by atoms with Crippen molar-refractivity contribution in [2.45, 2.75) is 128 Å². The van der Waals surface area contributed by atoms with Gasteiger partial charge in [-0.15, -0.1) is 0 Å². The van der Waals surface area contributed by atoms with Crippen LogP contribution in [0.5, 0.6) is 0 Å². The Morgan fingerprint density at radius 2 is 1.09 bits per heavy atom. The average molecular weight is 725 g/mol. The second-order valence-corrected chi connectivity index (χ2v) is 37.7. The molecule has 0 aliphatic heterocycles. The molecule has 0 saturated heterocycles. The number of thiophene rings is 2. The van der Waals surface area contributed by atoms with Gasteiger partial charge >= 0.3 is 238 Å². The fourth-order valence-corrected chi connectivity index (χ4v) is 16.8. The number of rotatable bonds is 16. The zero-order valence-corrected chi connectivity index (χ0v) is 31.2. The van der Waals surface area contributed by atoms with Gasteiger partial charge in [0.2, 0.25) is 0 Å². The molecule has 0 atom stereocenters. The summed E-state index contributed by atoms with van der Waals surface area (Å²) in [6.07, 6.45) is 19.3. The summed E-state index contributed by atoms with van der Waals surface area (Å²) in [6, 6.07) is 5.38. The van der Waals surface area contributed by atoms with Gasteiger partial charge in [-0.25, -0.2) is 0 Å². The van der Waals surface area contributed by atoms with Gasteiger partial charge in [0.1, 0.15) is 0 Å². The fraction of sp³-hybridized carbons (Fsp3) is 0.677. The van der Waals surface area contributed by atoms with Crippen LogP contribution in [0.4, 0.5) is 0 Å². The number of fused-ring (bicyclic) bond motifs is 3. The number of aryl methyl sites for hydroxylation is 2. The Kier molecular flexibility index (Phi) is 12.8. The van der Waals surface area contributed by atoms with Crippen LogP contribution in [0, 0.1) is 0 Å². The van der Waals surface area contributed by atoms with Crippen LogP contribution in [0.2, 0.25) is 24.7 Å². The first-order valence-electron chi connectivity index (χ1n) is 14.6. The van der Waals surface area contributed by atoms with E-state index in [9.17, 15) is 0 Å². The van der Waals surface area contributed by atoms with E-state index in [1.54, 1.807) is 37.1 Å².